The number of nitrogens with one attached hydrogen (secondary N) is 2. The molecule has 1 aromatic carbocycles. The molecular formula is C17H18N2O2S. The van der Waals surface area contributed by atoms with Crippen LogP contribution in [0.3, 0.4) is 0 Å². The SMILES string of the molecule is Cc1cc(C(=O)Nc2ccccc2C(=O)NC2CC2)sc1C. The standard InChI is InChI=1S/C17H18N2O2S/c1-10-9-15(22-11(10)2)17(21)19-14-6-4-3-5-13(14)16(20)18-12-7-8-12/h3-6,9,12H,7-8H2,1-2H3,(H,18,20)(H,19,21). The van der Waals surface area contributed by atoms with Crippen molar-refractivity contribution in [2.75, 3.05) is 5.32 Å². The van der Waals surface area contributed by atoms with Gasteiger partial charge in [0.2, 0.25) is 0 Å². The second-order valence-corrected chi connectivity index (χ2v) is 6.85. The van der Waals surface area contributed by atoms with Crippen LogP contribution >= 0.6 is 11.3 Å². The van der Waals surface area contributed by atoms with Crippen LogP contribution in [0.5, 0.6) is 0 Å². The van der Waals surface area contributed by atoms with Gasteiger partial charge in [-0.05, 0) is 50.5 Å². The van der Waals surface area contributed by atoms with Gasteiger partial charge < -0.3 is 10.6 Å². The molecule has 0 atom stereocenters. The van der Waals surface area contributed by atoms with Gasteiger partial charge in [-0.25, -0.2) is 0 Å². The summed E-state index contributed by atoms with van der Waals surface area (Å²) in [4.78, 5) is 26.4. The first-order chi connectivity index (χ1) is 10.5. The van der Waals surface area contributed by atoms with Crippen LogP contribution in [0.1, 0.15) is 43.3 Å². The molecule has 1 aliphatic carbocycles. The lowest BCUT2D eigenvalue weighted by Crippen LogP contribution is -2.26. The highest BCUT2D eigenvalue weighted by Crippen LogP contribution is 2.24. The summed E-state index contributed by atoms with van der Waals surface area (Å²) in [5, 5.41) is 5.80. The van der Waals surface area contributed by atoms with Crippen LogP contribution in [-0.4, -0.2) is 17.9 Å². The van der Waals surface area contributed by atoms with E-state index in [2.05, 4.69) is 10.6 Å². The number of anilines is 1. The predicted octanol–water partition coefficient (Wildman–Crippen LogP) is 3.51. The lowest BCUT2D eigenvalue weighted by Gasteiger charge is -2.10. The number of benzene rings is 1. The van der Waals surface area contributed by atoms with E-state index in [0.717, 1.165) is 23.3 Å². The van der Waals surface area contributed by atoms with E-state index in [0.29, 0.717) is 22.2 Å². The molecule has 2 aromatic rings. The molecule has 1 saturated carbocycles. The molecular weight excluding hydrogens is 296 g/mol. The second-order valence-electron chi connectivity index (χ2n) is 5.60. The summed E-state index contributed by atoms with van der Waals surface area (Å²) in [5.74, 6) is -0.301. The molecule has 3 rings (SSSR count). The van der Waals surface area contributed by atoms with Crippen molar-refractivity contribution in [1.82, 2.24) is 5.32 Å². The normalized spacial score (nSPS) is 13.7. The van der Waals surface area contributed by atoms with E-state index in [-0.39, 0.29) is 11.8 Å². The van der Waals surface area contributed by atoms with Gasteiger partial charge in [0.05, 0.1) is 16.1 Å². The Morgan fingerprint density at radius 2 is 1.86 bits per heavy atom. The van der Waals surface area contributed by atoms with E-state index in [1.165, 1.54) is 11.3 Å². The van der Waals surface area contributed by atoms with Gasteiger partial charge in [0, 0.05) is 10.9 Å². The third kappa shape index (κ3) is 3.20. The van der Waals surface area contributed by atoms with Gasteiger partial charge >= 0.3 is 0 Å². The van der Waals surface area contributed by atoms with Gasteiger partial charge in [0.1, 0.15) is 0 Å². The molecule has 114 valence electrons. The van der Waals surface area contributed by atoms with Crippen molar-refractivity contribution in [3.05, 3.63) is 51.2 Å². The second kappa shape index (κ2) is 5.93. The summed E-state index contributed by atoms with van der Waals surface area (Å²) in [6, 6.07) is 9.28. The molecule has 1 aromatic heterocycles. The van der Waals surface area contributed by atoms with Crippen LogP contribution < -0.4 is 10.6 Å². The largest absolute Gasteiger partial charge is 0.349 e. The quantitative estimate of drug-likeness (QED) is 0.907. The minimum atomic E-state index is -0.173. The minimum Gasteiger partial charge on any atom is -0.349 e. The van der Waals surface area contributed by atoms with Crippen LogP contribution in [0.4, 0.5) is 5.69 Å². The molecule has 0 saturated heterocycles. The highest BCUT2D eigenvalue weighted by atomic mass is 32.1. The Labute approximate surface area is 133 Å². The van der Waals surface area contributed by atoms with Crippen molar-refractivity contribution < 1.29 is 9.59 Å². The number of hydrogen-bond acceptors (Lipinski definition) is 3. The van der Waals surface area contributed by atoms with Crippen molar-refractivity contribution in [3.63, 3.8) is 0 Å². The summed E-state index contributed by atoms with van der Waals surface area (Å²) in [6.45, 7) is 3.98. The number of aryl methyl sites for hydroxylation is 2. The Hall–Kier alpha value is -2.14. The van der Waals surface area contributed by atoms with Gasteiger partial charge in [-0.15, -0.1) is 11.3 Å². The van der Waals surface area contributed by atoms with E-state index >= 15 is 0 Å². The first-order valence-corrected chi connectivity index (χ1v) is 8.14. The number of rotatable bonds is 4. The van der Waals surface area contributed by atoms with E-state index in [1.807, 2.05) is 26.0 Å². The summed E-state index contributed by atoms with van der Waals surface area (Å²) in [6.07, 6.45) is 2.07. The molecule has 1 fully saturated rings. The molecule has 1 heterocycles. The average Bonchev–Trinajstić information content (AvgIpc) is 3.24. The van der Waals surface area contributed by atoms with Crippen molar-refractivity contribution >= 4 is 28.8 Å². The van der Waals surface area contributed by atoms with Crippen molar-refractivity contribution in [2.24, 2.45) is 0 Å². The lowest BCUT2D eigenvalue weighted by atomic mass is 10.1. The fourth-order valence-electron chi connectivity index (χ4n) is 2.15. The van der Waals surface area contributed by atoms with Gasteiger partial charge in [-0.1, -0.05) is 12.1 Å². The predicted molar refractivity (Wildman–Crippen MR) is 88.7 cm³/mol. The van der Waals surface area contributed by atoms with Crippen LogP contribution in [0.15, 0.2) is 30.3 Å². The molecule has 2 N–H and O–H groups in total. The Morgan fingerprint density at radius 1 is 1.14 bits per heavy atom. The topological polar surface area (TPSA) is 58.2 Å². The van der Waals surface area contributed by atoms with Gasteiger partial charge in [-0.3, -0.25) is 9.59 Å². The number of carbonyl (C=O) groups excluding carboxylic acids is 2. The fraction of sp³-hybridized carbons (Fsp3) is 0.294. The first-order valence-electron chi connectivity index (χ1n) is 7.33. The van der Waals surface area contributed by atoms with Gasteiger partial charge in [-0.2, -0.15) is 0 Å². The third-order valence-electron chi connectivity index (χ3n) is 3.72. The maximum atomic E-state index is 12.4. The Bertz CT molecular complexity index is 713. The highest BCUT2D eigenvalue weighted by molar-refractivity contribution is 7.14. The summed E-state index contributed by atoms with van der Waals surface area (Å²) >= 11 is 1.46. The van der Waals surface area contributed by atoms with E-state index in [4.69, 9.17) is 0 Å². The van der Waals surface area contributed by atoms with Gasteiger partial charge in [0.25, 0.3) is 11.8 Å². The molecule has 0 spiro atoms. The average molecular weight is 314 g/mol. The summed E-state index contributed by atoms with van der Waals surface area (Å²) in [7, 11) is 0. The summed E-state index contributed by atoms with van der Waals surface area (Å²) in [5.41, 5.74) is 2.16. The Kier molecular flexibility index (Phi) is 3.98. The van der Waals surface area contributed by atoms with Crippen LogP contribution in [0.25, 0.3) is 0 Å². The highest BCUT2D eigenvalue weighted by Gasteiger charge is 2.25. The first kappa shape index (κ1) is 14.8. The molecule has 0 radical (unpaired) electrons. The number of thiophene rings is 1. The zero-order chi connectivity index (χ0) is 15.7. The Morgan fingerprint density at radius 3 is 2.50 bits per heavy atom. The van der Waals surface area contributed by atoms with Crippen LogP contribution in [0.2, 0.25) is 0 Å². The molecule has 0 aliphatic heterocycles. The zero-order valence-corrected chi connectivity index (χ0v) is 13.4. The number of amides is 2. The molecule has 0 bridgehead atoms. The molecule has 4 nitrogen and oxygen atoms in total. The Balaban J connectivity index is 1.79. The number of para-hydroxylation sites is 1. The van der Waals surface area contributed by atoms with Crippen LogP contribution in [-0.2, 0) is 0 Å². The monoisotopic (exact) mass is 314 g/mol. The van der Waals surface area contributed by atoms with E-state index < -0.39 is 0 Å². The molecule has 5 heteroatoms. The fourth-order valence-corrected chi connectivity index (χ4v) is 3.08. The minimum absolute atomic E-state index is 0.128. The van der Waals surface area contributed by atoms with Gasteiger partial charge in [0.15, 0.2) is 0 Å². The van der Waals surface area contributed by atoms with Crippen LogP contribution in [0, 0.1) is 13.8 Å². The van der Waals surface area contributed by atoms with E-state index in [1.54, 1.807) is 18.2 Å². The number of carbonyl (C=O) groups is 2. The molecule has 22 heavy (non-hydrogen) atoms. The zero-order valence-electron chi connectivity index (χ0n) is 12.6. The summed E-state index contributed by atoms with van der Waals surface area (Å²) < 4.78 is 0. The third-order valence-corrected chi connectivity index (χ3v) is 4.87. The molecule has 1 aliphatic rings. The number of hydrogen-bond donors (Lipinski definition) is 2. The molecule has 0 unspecified atom stereocenters. The van der Waals surface area contributed by atoms with Crippen molar-refractivity contribution in [3.8, 4) is 0 Å². The van der Waals surface area contributed by atoms with Crippen molar-refractivity contribution in [2.45, 2.75) is 32.7 Å². The maximum absolute atomic E-state index is 12.4. The van der Waals surface area contributed by atoms with E-state index in [9.17, 15) is 9.59 Å². The molecule has 2 amide bonds. The van der Waals surface area contributed by atoms with Crippen molar-refractivity contribution in [1.29, 1.82) is 0 Å². The lowest BCUT2D eigenvalue weighted by molar-refractivity contribution is 0.0952. The maximum Gasteiger partial charge on any atom is 0.265 e. The smallest absolute Gasteiger partial charge is 0.265 e.